The van der Waals surface area contributed by atoms with Gasteiger partial charge in [0, 0.05) is 7.11 Å². The van der Waals surface area contributed by atoms with Crippen molar-refractivity contribution in [1.29, 1.82) is 0 Å². The molecule has 0 amide bonds. The zero-order valence-electron chi connectivity index (χ0n) is 8.77. The number of hydrogen-bond donors (Lipinski definition) is 2. The van der Waals surface area contributed by atoms with Crippen molar-refractivity contribution in [3.63, 3.8) is 0 Å². The van der Waals surface area contributed by atoms with Crippen molar-refractivity contribution >= 4 is 0 Å². The minimum absolute atomic E-state index is 0.0707. The highest BCUT2D eigenvalue weighted by atomic mass is 16.7. The van der Waals surface area contributed by atoms with E-state index in [1.54, 1.807) is 0 Å². The van der Waals surface area contributed by atoms with E-state index in [1.165, 1.54) is 7.11 Å². The summed E-state index contributed by atoms with van der Waals surface area (Å²) in [4.78, 5) is 0. The van der Waals surface area contributed by atoms with Gasteiger partial charge >= 0.3 is 0 Å². The van der Waals surface area contributed by atoms with Gasteiger partial charge in [0.25, 0.3) is 0 Å². The van der Waals surface area contributed by atoms with E-state index in [-0.39, 0.29) is 13.4 Å². The molecular weight excluding hydrogens is 188 g/mol. The molecule has 0 bridgehead atoms. The zero-order chi connectivity index (χ0) is 10.8. The zero-order valence-corrected chi connectivity index (χ0v) is 8.77. The normalized spacial score (nSPS) is 37.1. The standard InChI is InChI=1S/C9H18O5/c1-9(2)8(13-5-12-3)7(11)6(10)4-14-9/h6-8,10-11H,4-5H2,1-3H3/t6-,7-,8+/m0/s1. The smallest absolute Gasteiger partial charge is 0.146 e. The van der Waals surface area contributed by atoms with Crippen molar-refractivity contribution in [1.82, 2.24) is 0 Å². The molecule has 5 nitrogen and oxygen atoms in total. The maximum Gasteiger partial charge on any atom is 0.146 e. The molecule has 0 spiro atoms. The highest BCUT2D eigenvalue weighted by Gasteiger charge is 2.44. The van der Waals surface area contributed by atoms with Crippen LogP contribution in [0.5, 0.6) is 0 Å². The minimum Gasteiger partial charge on any atom is -0.388 e. The Balaban J connectivity index is 2.62. The number of hydrogen-bond acceptors (Lipinski definition) is 5. The first kappa shape index (κ1) is 11.9. The third-order valence-corrected chi connectivity index (χ3v) is 2.38. The molecule has 0 saturated carbocycles. The predicted molar refractivity (Wildman–Crippen MR) is 48.8 cm³/mol. The molecule has 0 radical (unpaired) electrons. The van der Waals surface area contributed by atoms with Crippen LogP contribution in [0.25, 0.3) is 0 Å². The van der Waals surface area contributed by atoms with E-state index in [2.05, 4.69) is 0 Å². The van der Waals surface area contributed by atoms with Gasteiger partial charge in [-0.15, -0.1) is 0 Å². The molecule has 0 aromatic heterocycles. The minimum atomic E-state index is -0.936. The molecule has 0 unspecified atom stereocenters. The van der Waals surface area contributed by atoms with Crippen LogP contribution in [-0.2, 0) is 14.2 Å². The van der Waals surface area contributed by atoms with Crippen molar-refractivity contribution in [2.45, 2.75) is 37.8 Å². The van der Waals surface area contributed by atoms with Gasteiger partial charge in [0.05, 0.1) is 12.2 Å². The molecule has 0 aromatic rings. The fourth-order valence-corrected chi connectivity index (χ4v) is 1.53. The van der Waals surface area contributed by atoms with Gasteiger partial charge in [-0.1, -0.05) is 0 Å². The molecule has 5 heteroatoms. The molecule has 1 saturated heterocycles. The van der Waals surface area contributed by atoms with Crippen molar-refractivity contribution < 1.29 is 24.4 Å². The van der Waals surface area contributed by atoms with Crippen LogP contribution in [0.15, 0.2) is 0 Å². The fraction of sp³-hybridized carbons (Fsp3) is 1.00. The number of aliphatic hydroxyl groups excluding tert-OH is 2. The molecule has 1 aliphatic heterocycles. The first-order valence-electron chi connectivity index (χ1n) is 4.59. The Kier molecular flexibility index (Phi) is 3.86. The third-order valence-electron chi connectivity index (χ3n) is 2.38. The second-order valence-corrected chi connectivity index (χ2v) is 3.97. The van der Waals surface area contributed by atoms with Crippen LogP contribution in [0.1, 0.15) is 13.8 Å². The van der Waals surface area contributed by atoms with Gasteiger partial charge in [0.1, 0.15) is 25.1 Å². The van der Waals surface area contributed by atoms with Crippen LogP contribution < -0.4 is 0 Å². The lowest BCUT2D eigenvalue weighted by atomic mass is 9.90. The first-order valence-corrected chi connectivity index (χ1v) is 4.59. The number of aliphatic hydroxyl groups is 2. The van der Waals surface area contributed by atoms with Crippen LogP contribution in [0, 0.1) is 0 Å². The average Bonchev–Trinajstić information content (AvgIpc) is 2.12. The number of rotatable bonds is 3. The summed E-state index contributed by atoms with van der Waals surface area (Å²) in [6, 6.07) is 0. The fourth-order valence-electron chi connectivity index (χ4n) is 1.53. The second kappa shape index (κ2) is 4.55. The monoisotopic (exact) mass is 206 g/mol. The summed E-state index contributed by atoms with van der Waals surface area (Å²) < 4.78 is 15.4. The lowest BCUT2D eigenvalue weighted by Gasteiger charge is -2.43. The van der Waals surface area contributed by atoms with Gasteiger partial charge in [-0.05, 0) is 13.8 Å². The maximum atomic E-state index is 9.69. The molecule has 84 valence electrons. The van der Waals surface area contributed by atoms with Gasteiger partial charge in [-0.2, -0.15) is 0 Å². The Bertz CT molecular complexity index is 182. The Morgan fingerprint density at radius 1 is 1.43 bits per heavy atom. The summed E-state index contributed by atoms with van der Waals surface area (Å²) >= 11 is 0. The number of ether oxygens (including phenoxy) is 3. The topological polar surface area (TPSA) is 68.2 Å². The molecular formula is C9H18O5. The Morgan fingerprint density at radius 3 is 2.64 bits per heavy atom. The Morgan fingerprint density at radius 2 is 2.07 bits per heavy atom. The summed E-state index contributed by atoms with van der Waals surface area (Å²) in [5.41, 5.74) is -0.614. The van der Waals surface area contributed by atoms with Crippen LogP contribution >= 0.6 is 0 Å². The summed E-state index contributed by atoms with van der Waals surface area (Å²) in [6.45, 7) is 3.81. The van der Waals surface area contributed by atoms with Crippen molar-refractivity contribution in [3.8, 4) is 0 Å². The largest absolute Gasteiger partial charge is 0.388 e. The van der Waals surface area contributed by atoms with Gasteiger partial charge in [0.15, 0.2) is 0 Å². The van der Waals surface area contributed by atoms with Gasteiger partial charge < -0.3 is 24.4 Å². The molecule has 1 fully saturated rings. The molecule has 0 aliphatic carbocycles. The molecule has 3 atom stereocenters. The van der Waals surface area contributed by atoms with Crippen LogP contribution in [0.2, 0.25) is 0 Å². The molecule has 2 N–H and O–H groups in total. The average molecular weight is 206 g/mol. The van der Waals surface area contributed by atoms with Crippen molar-refractivity contribution in [3.05, 3.63) is 0 Å². The van der Waals surface area contributed by atoms with Crippen LogP contribution in [0.3, 0.4) is 0 Å². The highest BCUT2D eigenvalue weighted by Crippen LogP contribution is 2.27. The molecule has 1 heterocycles. The van der Waals surface area contributed by atoms with Crippen molar-refractivity contribution in [2.24, 2.45) is 0 Å². The lowest BCUT2D eigenvalue weighted by molar-refractivity contribution is -0.254. The quantitative estimate of drug-likeness (QED) is 0.610. The highest BCUT2D eigenvalue weighted by molar-refractivity contribution is 4.93. The van der Waals surface area contributed by atoms with E-state index in [0.717, 1.165) is 0 Å². The summed E-state index contributed by atoms with van der Waals surface area (Å²) in [6.07, 6.45) is -2.41. The maximum absolute atomic E-state index is 9.69. The molecule has 1 aliphatic rings. The van der Waals surface area contributed by atoms with E-state index in [1.807, 2.05) is 13.8 Å². The van der Waals surface area contributed by atoms with E-state index < -0.39 is 23.9 Å². The lowest BCUT2D eigenvalue weighted by Crippen LogP contribution is -2.59. The van der Waals surface area contributed by atoms with E-state index >= 15 is 0 Å². The Labute approximate surface area is 83.6 Å². The second-order valence-electron chi connectivity index (χ2n) is 3.97. The summed E-state index contributed by atoms with van der Waals surface area (Å²) in [5, 5.41) is 19.1. The van der Waals surface area contributed by atoms with E-state index in [9.17, 15) is 10.2 Å². The third kappa shape index (κ3) is 2.43. The van der Waals surface area contributed by atoms with Crippen LogP contribution in [0.4, 0.5) is 0 Å². The van der Waals surface area contributed by atoms with Crippen molar-refractivity contribution in [2.75, 3.05) is 20.5 Å². The SMILES string of the molecule is COCO[C@@H]1[C@@H](O)[C@@H](O)COC1(C)C. The van der Waals surface area contributed by atoms with Gasteiger partial charge in [0.2, 0.25) is 0 Å². The molecule has 0 aromatic carbocycles. The summed E-state index contributed by atoms with van der Waals surface area (Å²) in [5.74, 6) is 0. The molecule has 14 heavy (non-hydrogen) atoms. The Hall–Kier alpha value is -0.200. The first-order chi connectivity index (χ1) is 6.49. The number of methoxy groups -OCH3 is 1. The predicted octanol–water partition coefficient (Wildman–Crippen LogP) is -0.494. The van der Waals surface area contributed by atoms with Gasteiger partial charge in [-0.3, -0.25) is 0 Å². The van der Waals surface area contributed by atoms with E-state index in [0.29, 0.717) is 0 Å². The summed E-state index contributed by atoms with van der Waals surface area (Å²) in [7, 11) is 1.50. The van der Waals surface area contributed by atoms with Crippen LogP contribution in [-0.4, -0.2) is 54.6 Å². The van der Waals surface area contributed by atoms with E-state index in [4.69, 9.17) is 14.2 Å². The van der Waals surface area contributed by atoms with Gasteiger partial charge in [-0.25, -0.2) is 0 Å². The molecule has 1 rings (SSSR count).